The molecule has 0 aliphatic rings. The number of thioether (sulfide) groups is 1. The van der Waals surface area contributed by atoms with Gasteiger partial charge in [0.1, 0.15) is 6.04 Å². The van der Waals surface area contributed by atoms with Crippen molar-refractivity contribution in [3.05, 3.63) is 66.2 Å². The highest BCUT2D eigenvalue weighted by Gasteiger charge is 2.25. The number of rotatable bonds is 8. The Kier molecular flexibility index (Phi) is 6.88. The van der Waals surface area contributed by atoms with Gasteiger partial charge in [0, 0.05) is 11.3 Å². The van der Waals surface area contributed by atoms with Crippen molar-refractivity contribution in [1.29, 1.82) is 0 Å². The molecule has 0 spiro atoms. The fourth-order valence-electron chi connectivity index (χ4n) is 2.30. The molecule has 0 fully saturated rings. The van der Waals surface area contributed by atoms with Gasteiger partial charge in [-0.2, -0.15) is 0 Å². The van der Waals surface area contributed by atoms with Gasteiger partial charge in [-0.1, -0.05) is 55.5 Å². The van der Waals surface area contributed by atoms with Gasteiger partial charge in [0.25, 0.3) is 0 Å². The molecule has 2 aromatic rings. The molecule has 0 aromatic heterocycles. The number of carboxylic acids is 1. The van der Waals surface area contributed by atoms with Crippen LogP contribution in [0.25, 0.3) is 0 Å². The standard InChI is InChI=1S/C19H21NO3S/c1-2-17(24-15-11-7-4-8-12-15)18(21)20-16(19(22)23)13-14-9-5-3-6-10-14/h3-12,16-17H,2,13H2,1H3,(H,20,21)(H,22,23)/t16-,17?/m1/s1. The van der Waals surface area contributed by atoms with Crippen LogP contribution in [0.3, 0.4) is 0 Å². The summed E-state index contributed by atoms with van der Waals surface area (Å²) < 4.78 is 0. The highest BCUT2D eigenvalue weighted by molar-refractivity contribution is 8.00. The lowest BCUT2D eigenvalue weighted by Gasteiger charge is -2.19. The van der Waals surface area contributed by atoms with Crippen LogP contribution in [0.4, 0.5) is 0 Å². The Bertz CT molecular complexity index is 661. The molecule has 4 nitrogen and oxygen atoms in total. The molecule has 1 amide bonds. The number of carboxylic acid groups (broad SMARTS) is 1. The summed E-state index contributed by atoms with van der Waals surface area (Å²) in [5, 5.41) is 11.8. The summed E-state index contributed by atoms with van der Waals surface area (Å²) in [7, 11) is 0. The second-order valence-corrected chi connectivity index (χ2v) is 6.69. The van der Waals surface area contributed by atoms with Gasteiger partial charge in [-0.05, 0) is 24.1 Å². The number of nitrogens with one attached hydrogen (secondary N) is 1. The van der Waals surface area contributed by atoms with Crippen molar-refractivity contribution in [3.63, 3.8) is 0 Å². The van der Waals surface area contributed by atoms with Gasteiger partial charge in [-0.3, -0.25) is 4.79 Å². The first kappa shape index (κ1) is 18.1. The Morgan fingerprint density at radius 3 is 2.17 bits per heavy atom. The zero-order chi connectivity index (χ0) is 17.4. The van der Waals surface area contributed by atoms with Crippen molar-refractivity contribution in [1.82, 2.24) is 5.32 Å². The summed E-state index contributed by atoms with van der Waals surface area (Å²) in [6, 6.07) is 18.0. The van der Waals surface area contributed by atoms with E-state index in [1.807, 2.05) is 67.6 Å². The molecule has 24 heavy (non-hydrogen) atoms. The minimum absolute atomic E-state index is 0.241. The van der Waals surface area contributed by atoms with Crippen LogP contribution in [-0.2, 0) is 16.0 Å². The maximum atomic E-state index is 12.5. The van der Waals surface area contributed by atoms with Crippen molar-refractivity contribution in [2.75, 3.05) is 0 Å². The smallest absolute Gasteiger partial charge is 0.326 e. The van der Waals surface area contributed by atoms with E-state index in [2.05, 4.69) is 5.32 Å². The molecule has 2 rings (SSSR count). The average Bonchev–Trinajstić information content (AvgIpc) is 2.60. The lowest BCUT2D eigenvalue weighted by atomic mass is 10.1. The fourth-order valence-corrected chi connectivity index (χ4v) is 3.28. The van der Waals surface area contributed by atoms with E-state index in [4.69, 9.17) is 0 Å². The molecule has 2 atom stereocenters. The largest absolute Gasteiger partial charge is 0.480 e. The number of hydrogen-bond acceptors (Lipinski definition) is 3. The zero-order valence-corrected chi connectivity index (χ0v) is 14.3. The van der Waals surface area contributed by atoms with Gasteiger partial charge in [-0.15, -0.1) is 11.8 Å². The first-order valence-electron chi connectivity index (χ1n) is 7.89. The predicted octanol–water partition coefficient (Wildman–Crippen LogP) is 3.37. The normalized spacial score (nSPS) is 13.0. The van der Waals surface area contributed by atoms with Crippen LogP contribution in [-0.4, -0.2) is 28.3 Å². The van der Waals surface area contributed by atoms with E-state index in [-0.39, 0.29) is 17.6 Å². The van der Waals surface area contributed by atoms with Crippen LogP contribution in [0.5, 0.6) is 0 Å². The van der Waals surface area contributed by atoms with E-state index in [9.17, 15) is 14.7 Å². The Hall–Kier alpha value is -2.27. The first-order chi connectivity index (χ1) is 11.6. The third kappa shape index (κ3) is 5.42. The molecule has 0 saturated heterocycles. The summed E-state index contributed by atoms with van der Waals surface area (Å²) in [6.07, 6.45) is 0.900. The maximum absolute atomic E-state index is 12.5. The number of hydrogen-bond donors (Lipinski definition) is 2. The van der Waals surface area contributed by atoms with Gasteiger partial charge in [0.05, 0.1) is 5.25 Å². The van der Waals surface area contributed by atoms with Crippen LogP contribution in [0.15, 0.2) is 65.6 Å². The first-order valence-corrected chi connectivity index (χ1v) is 8.77. The molecule has 0 radical (unpaired) electrons. The monoisotopic (exact) mass is 343 g/mol. The van der Waals surface area contributed by atoms with Crippen molar-refractivity contribution >= 4 is 23.6 Å². The van der Waals surface area contributed by atoms with Crippen molar-refractivity contribution in [2.45, 2.75) is 36.0 Å². The summed E-state index contributed by atoms with van der Waals surface area (Å²) in [4.78, 5) is 25.0. The second-order valence-electron chi connectivity index (χ2n) is 5.42. The minimum atomic E-state index is -1.02. The quantitative estimate of drug-likeness (QED) is 0.721. The third-order valence-electron chi connectivity index (χ3n) is 3.58. The number of aliphatic carboxylic acids is 1. The molecule has 2 N–H and O–H groups in total. The fraction of sp³-hybridized carbons (Fsp3) is 0.263. The Balaban J connectivity index is 2.01. The summed E-state index contributed by atoms with van der Waals surface area (Å²) in [6.45, 7) is 1.92. The van der Waals surface area contributed by atoms with E-state index in [1.54, 1.807) is 0 Å². The minimum Gasteiger partial charge on any atom is -0.480 e. The van der Waals surface area contributed by atoms with Gasteiger partial charge in [0.15, 0.2) is 0 Å². The van der Waals surface area contributed by atoms with Crippen molar-refractivity contribution < 1.29 is 14.7 Å². The SMILES string of the molecule is CCC(Sc1ccccc1)C(=O)N[C@H](Cc1ccccc1)C(=O)O. The zero-order valence-electron chi connectivity index (χ0n) is 13.5. The molecule has 0 aliphatic heterocycles. The third-order valence-corrected chi connectivity index (χ3v) is 4.96. The van der Waals surface area contributed by atoms with Crippen molar-refractivity contribution in [2.24, 2.45) is 0 Å². The molecule has 126 valence electrons. The number of amides is 1. The molecular formula is C19H21NO3S. The average molecular weight is 343 g/mol. The molecule has 5 heteroatoms. The Labute approximate surface area is 146 Å². The summed E-state index contributed by atoms with van der Waals surface area (Å²) in [5.41, 5.74) is 0.883. The van der Waals surface area contributed by atoms with Gasteiger partial charge < -0.3 is 10.4 Å². The maximum Gasteiger partial charge on any atom is 0.326 e. The summed E-state index contributed by atoms with van der Waals surface area (Å²) >= 11 is 1.45. The van der Waals surface area contributed by atoms with Crippen LogP contribution in [0.1, 0.15) is 18.9 Å². The van der Waals surface area contributed by atoms with Crippen LogP contribution in [0, 0.1) is 0 Å². The molecule has 0 aliphatic carbocycles. The van der Waals surface area contributed by atoms with Crippen LogP contribution >= 0.6 is 11.8 Å². The van der Waals surface area contributed by atoms with E-state index in [0.717, 1.165) is 10.5 Å². The lowest BCUT2D eigenvalue weighted by Crippen LogP contribution is -2.45. The van der Waals surface area contributed by atoms with Gasteiger partial charge in [0.2, 0.25) is 5.91 Å². The Morgan fingerprint density at radius 1 is 1.04 bits per heavy atom. The number of benzene rings is 2. The molecular weight excluding hydrogens is 322 g/mol. The van der Waals surface area contributed by atoms with E-state index < -0.39 is 12.0 Å². The van der Waals surface area contributed by atoms with Gasteiger partial charge >= 0.3 is 5.97 Å². The molecule has 0 bridgehead atoms. The lowest BCUT2D eigenvalue weighted by molar-refractivity contribution is -0.141. The van der Waals surface area contributed by atoms with E-state index in [1.165, 1.54) is 11.8 Å². The highest BCUT2D eigenvalue weighted by Crippen LogP contribution is 2.25. The second kappa shape index (κ2) is 9.13. The molecule has 2 aromatic carbocycles. The molecule has 0 heterocycles. The highest BCUT2D eigenvalue weighted by atomic mass is 32.2. The number of carbonyl (C=O) groups is 2. The Morgan fingerprint density at radius 2 is 1.62 bits per heavy atom. The van der Waals surface area contributed by atoms with E-state index in [0.29, 0.717) is 6.42 Å². The number of carbonyl (C=O) groups excluding carboxylic acids is 1. The summed E-state index contributed by atoms with van der Waals surface area (Å²) in [5.74, 6) is -1.26. The van der Waals surface area contributed by atoms with E-state index >= 15 is 0 Å². The topological polar surface area (TPSA) is 66.4 Å². The molecule has 0 saturated carbocycles. The van der Waals surface area contributed by atoms with Crippen molar-refractivity contribution in [3.8, 4) is 0 Å². The predicted molar refractivity (Wildman–Crippen MR) is 96.1 cm³/mol. The molecule has 1 unspecified atom stereocenters. The van der Waals surface area contributed by atoms with Gasteiger partial charge in [-0.25, -0.2) is 4.79 Å². The van der Waals surface area contributed by atoms with Crippen LogP contribution < -0.4 is 5.32 Å². The van der Waals surface area contributed by atoms with Crippen LogP contribution in [0.2, 0.25) is 0 Å².